The molecule has 0 bridgehead atoms. The van der Waals surface area contributed by atoms with E-state index in [0.29, 0.717) is 12.3 Å². The molecule has 0 radical (unpaired) electrons. The SMILES string of the molecule is COc1ccc(OC(C)C(=O)NCC(Cc2ccccc2)N(C)C)cc1. The van der Waals surface area contributed by atoms with Crippen LogP contribution in [0.25, 0.3) is 0 Å². The van der Waals surface area contributed by atoms with Crippen molar-refractivity contribution in [2.24, 2.45) is 0 Å². The van der Waals surface area contributed by atoms with E-state index in [1.807, 2.05) is 44.4 Å². The zero-order chi connectivity index (χ0) is 18.9. The van der Waals surface area contributed by atoms with Gasteiger partial charge in [0.05, 0.1) is 7.11 Å². The molecule has 0 aliphatic heterocycles. The van der Waals surface area contributed by atoms with Gasteiger partial charge in [0.2, 0.25) is 0 Å². The standard InChI is InChI=1S/C21H28N2O3/c1-16(26-20-12-10-19(25-4)11-13-20)21(24)22-15-18(23(2)3)14-17-8-6-5-7-9-17/h5-13,16,18H,14-15H2,1-4H3,(H,22,24). The van der Waals surface area contributed by atoms with Crippen LogP contribution in [-0.4, -0.2) is 50.7 Å². The molecule has 2 aromatic rings. The van der Waals surface area contributed by atoms with Gasteiger partial charge in [-0.25, -0.2) is 0 Å². The van der Waals surface area contributed by atoms with E-state index in [2.05, 4.69) is 22.3 Å². The molecule has 1 amide bonds. The lowest BCUT2D eigenvalue weighted by molar-refractivity contribution is -0.127. The van der Waals surface area contributed by atoms with Crippen LogP contribution >= 0.6 is 0 Å². The first-order valence-electron chi connectivity index (χ1n) is 8.78. The van der Waals surface area contributed by atoms with Gasteiger partial charge >= 0.3 is 0 Å². The molecule has 0 fully saturated rings. The van der Waals surface area contributed by atoms with Crippen LogP contribution in [0, 0.1) is 0 Å². The van der Waals surface area contributed by atoms with Crippen LogP contribution in [0.4, 0.5) is 0 Å². The van der Waals surface area contributed by atoms with Gasteiger partial charge in [-0.1, -0.05) is 30.3 Å². The van der Waals surface area contributed by atoms with Crippen LogP contribution in [0.2, 0.25) is 0 Å². The molecule has 5 heteroatoms. The van der Waals surface area contributed by atoms with Crippen molar-refractivity contribution >= 4 is 5.91 Å². The summed E-state index contributed by atoms with van der Waals surface area (Å²) in [6, 6.07) is 17.7. The smallest absolute Gasteiger partial charge is 0.260 e. The average molecular weight is 356 g/mol. The highest BCUT2D eigenvalue weighted by molar-refractivity contribution is 5.80. The molecule has 0 heterocycles. The maximum Gasteiger partial charge on any atom is 0.260 e. The Morgan fingerprint density at radius 3 is 2.23 bits per heavy atom. The number of hydrogen-bond acceptors (Lipinski definition) is 4. The molecule has 26 heavy (non-hydrogen) atoms. The summed E-state index contributed by atoms with van der Waals surface area (Å²) < 4.78 is 10.8. The monoisotopic (exact) mass is 356 g/mol. The average Bonchev–Trinajstić information content (AvgIpc) is 2.66. The second-order valence-electron chi connectivity index (χ2n) is 6.49. The summed E-state index contributed by atoms with van der Waals surface area (Å²) >= 11 is 0. The summed E-state index contributed by atoms with van der Waals surface area (Å²) in [5.74, 6) is 1.27. The number of hydrogen-bond donors (Lipinski definition) is 1. The highest BCUT2D eigenvalue weighted by Gasteiger charge is 2.18. The third-order valence-electron chi connectivity index (χ3n) is 4.30. The molecule has 140 valence electrons. The molecule has 0 spiro atoms. The van der Waals surface area contributed by atoms with Crippen LogP contribution in [0.1, 0.15) is 12.5 Å². The Hall–Kier alpha value is -2.53. The molecule has 0 saturated carbocycles. The van der Waals surface area contributed by atoms with Crippen molar-refractivity contribution in [3.8, 4) is 11.5 Å². The van der Waals surface area contributed by atoms with Crippen molar-refractivity contribution in [1.29, 1.82) is 0 Å². The first-order valence-corrected chi connectivity index (χ1v) is 8.78. The number of rotatable bonds is 9. The largest absolute Gasteiger partial charge is 0.497 e. The van der Waals surface area contributed by atoms with Crippen LogP contribution in [-0.2, 0) is 11.2 Å². The number of nitrogens with one attached hydrogen (secondary N) is 1. The van der Waals surface area contributed by atoms with Gasteiger partial charge in [0, 0.05) is 12.6 Å². The third-order valence-corrected chi connectivity index (χ3v) is 4.30. The molecular weight excluding hydrogens is 328 g/mol. The highest BCUT2D eigenvalue weighted by atomic mass is 16.5. The summed E-state index contributed by atoms with van der Waals surface area (Å²) in [5, 5.41) is 3.00. The zero-order valence-electron chi connectivity index (χ0n) is 15.9. The van der Waals surface area contributed by atoms with Crippen LogP contribution in [0.3, 0.4) is 0 Å². The van der Waals surface area contributed by atoms with Gasteiger partial charge in [-0.3, -0.25) is 4.79 Å². The van der Waals surface area contributed by atoms with E-state index in [9.17, 15) is 4.79 Å². The maximum absolute atomic E-state index is 12.4. The highest BCUT2D eigenvalue weighted by Crippen LogP contribution is 2.18. The Bertz CT molecular complexity index is 671. The lowest BCUT2D eigenvalue weighted by Gasteiger charge is -2.25. The molecule has 2 aromatic carbocycles. The summed E-state index contributed by atoms with van der Waals surface area (Å²) in [6.45, 7) is 2.32. The van der Waals surface area contributed by atoms with E-state index < -0.39 is 6.10 Å². The summed E-state index contributed by atoms with van der Waals surface area (Å²) in [7, 11) is 5.66. The van der Waals surface area contributed by atoms with Gasteiger partial charge < -0.3 is 19.7 Å². The maximum atomic E-state index is 12.4. The minimum atomic E-state index is -0.567. The van der Waals surface area contributed by atoms with E-state index >= 15 is 0 Å². The lowest BCUT2D eigenvalue weighted by Crippen LogP contribution is -2.45. The molecule has 0 saturated heterocycles. The van der Waals surface area contributed by atoms with Gasteiger partial charge in [0.25, 0.3) is 5.91 Å². The van der Waals surface area contributed by atoms with E-state index in [4.69, 9.17) is 9.47 Å². The Labute approximate surface area is 155 Å². The van der Waals surface area contributed by atoms with Crippen molar-refractivity contribution in [2.45, 2.75) is 25.5 Å². The second kappa shape index (κ2) is 9.82. The number of carbonyl (C=O) groups excluding carboxylic acids is 1. The lowest BCUT2D eigenvalue weighted by atomic mass is 10.1. The minimum absolute atomic E-state index is 0.124. The predicted octanol–water partition coefficient (Wildman–Crippen LogP) is 2.75. The molecule has 0 aliphatic carbocycles. The van der Waals surface area contributed by atoms with E-state index in [1.165, 1.54) is 5.56 Å². The topological polar surface area (TPSA) is 50.8 Å². The van der Waals surface area contributed by atoms with Gasteiger partial charge in [-0.2, -0.15) is 0 Å². The first kappa shape index (κ1) is 19.8. The van der Waals surface area contributed by atoms with E-state index in [0.717, 1.165) is 12.2 Å². The Balaban J connectivity index is 1.85. The molecule has 2 rings (SSSR count). The van der Waals surface area contributed by atoms with Crippen molar-refractivity contribution in [3.05, 3.63) is 60.2 Å². The molecule has 1 N–H and O–H groups in total. The summed E-state index contributed by atoms with van der Waals surface area (Å²) in [6.07, 6.45) is 0.310. The number of likely N-dealkylation sites (N-methyl/N-ethyl adjacent to an activating group) is 1. The van der Waals surface area contributed by atoms with E-state index in [1.54, 1.807) is 26.2 Å². The Morgan fingerprint density at radius 1 is 1.04 bits per heavy atom. The number of amides is 1. The molecular formula is C21H28N2O3. The number of benzene rings is 2. The zero-order valence-corrected chi connectivity index (χ0v) is 15.9. The van der Waals surface area contributed by atoms with Crippen LogP contribution in [0.15, 0.2) is 54.6 Å². The van der Waals surface area contributed by atoms with Crippen molar-refractivity contribution < 1.29 is 14.3 Å². The fourth-order valence-corrected chi connectivity index (χ4v) is 2.60. The van der Waals surface area contributed by atoms with Crippen molar-refractivity contribution in [2.75, 3.05) is 27.7 Å². The fourth-order valence-electron chi connectivity index (χ4n) is 2.60. The van der Waals surface area contributed by atoms with Gasteiger partial charge in [-0.05, 0) is 57.3 Å². The van der Waals surface area contributed by atoms with E-state index in [-0.39, 0.29) is 11.9 Å². The summed E-state index contributed by atoms with van der Waals surface area (Å²) in [5.41, 5.74) is 1.25. The molecule has 5 nitrogen and oxygen atoms in total. The molecule has 2 unspecified atom stereocenters. The number of carbonyl (C=O) groups is 1. The first-order chi connectivity index (χ1) is 12.5. The molecule has 2 atom stereocenters. The van der Waals surface area contributed by atoms with Gasteiger partial charge in [0.15, 0.2) is 6.10 Å². The van der Waals surface area contributed by atoms with Crippen LogP contribution in [0.5, 0.6) is 11.5 Å². The summed E-state index contributed by atoms with van der Waals surface area (Å²) in [4.78, 5) is 14.5. The minimum Gasteiger partial charge on any atom is -0.497 e. The predicted molar refractivity (Wildman–Crippen MR) is 104 cm³/mol. The third kappa shape index (κ3) is 6.08. The normalized spacial score (nSPS) is 13.1. The Kier molecular flexibility index (Phi) is 7.48. The van der Waals surface area contributed by atoms with Crippen molar-refractivity contribution in [3.63, 3.8) is 0 Å². The fraction of sp³-hybridized carbons (Fsp3) is 0.381. The van der Waals surface area contributed by atoms with Gasteiger partial charge in [-0.15, -0.1) is 0 Å². The number of nitrogens with zero attached hydrogens (tertiary/aromatic N) is 1. The Morgan fingerprint density at radius 2 is 1.65 bits per heavy atom. The van der Waals surface area contributed by atoms with Crippen molar-refractivity contribution in [1.82, 2.24) is 10.2 Å². The quantitative estimate of drug-likeness (QED) is 0.751. The molecule has 0 aliphatic rings. The molecule has 0 aromatic heterocycles. The van der Waals surface area contributed by atoms with Crippen LogP contribution < -0.4 is 14.8 Å². The number of methoxy groups -OCH3 is 1. The second-order valence-corrected chi connectivity index (χ2v) is 6.49. The number of ether oxygens (including phenoxy) is 2. The van der Waals surface area contributed by atoms with Gasteiger partial charge in [0.1, 0.15) is 11.5 Å².